The minimum Gasteiger partial charge on any atom is -0.494 e. The molecule has 0 unspecified atom stereocenters. The summed E-state index contributed by atoms with van der Waals surface area (Å²) in [5.41, 5.74) is 1.59. The van der Waals surface area contributed by atoms with E-state index in [2.05, 4.69) is 5.32 Å². The number of carbonyl (C=O) groups excluding carboxylic acids is 1. The number of hydrogen-bond acceptors (Lipinski definition) is 4. The van der Waals surface area contributed by atoms with Crippen LogP contribution in [0.3, 0.4) is 0 Å². The quantitative estimate of drug-likeness (QED) is 0.852. The highest BCUT2D eigenvalue weighted by atomic mass is 16.5. The lowest BCUT2D eigenvalue weighted by molar-refractivity contribution is -0.115. The molecule has 0 aliphatic heterocycles. The molecule has 0 atom stereocenters. The van der Waals surface area contributed by atoms with E-state index in [-0.39, 0.29) is 5.91 Å². The Labute approximate surface area is 136 Å². The number of carbonyl (C=O) groups is 1. The molecule has 0 spiro atoms. The summed E-state index contributed by atoms with van der Waals surface area (Å²) in [4.78, 5) is 12.1. The van der Waals surface area contributed by atoms with Crippen molar-refractivity contribution in [2.24, 2.45) is 0 Å². The summed E-state index contributed by atoms with van der Waals surface area (Å²) in [6.07, 6.45) is 0.292. The van der Waals surface area contributed by atoms with Crippen LogP contribution >= 0.6 is 0 Å². The van der Waals surface area contributed by atoms with Crippen LogP contribution in [0.1, 0.15) is 12.5 Å². The van der Waals surface area contributed by atoms with Crippen LogP contribution in [-0.2, 0) is 11.2 Å². The van der Waals surface area contributed by atoms with Gasteiger partial charge in [0.1, 0.15) is 5.75 Å². The topological polar surface area (TPSA) is 56.8 Å². The fourth-order valence-corrected chi connectivity index (χ4v) is 2.17. The lowest BCUT2D eigenvalue weighted by Crippen LogP contribution is -2.14. The molecule has 0 aliphatic rings. The number of ether oxygens (including phenoxy) is 3. The molecule has 1 amide bonds. The zero-order valence-corrected chi connectivity index (χ0v) is 13.6. The summed E-state index contributed by atoms with van der Waals surface area (Å²) in [6.45, 7) is 2.56. The van der Waals surface area contributed by atoms with E-state index in [1.165, 1.54) is 0 Å². The second-order valence-corrected chi connectivity index (χ2v) is 4.87. The minimum absolute atomic E-state index is 0.0959. The van der Waals surface area contributed by atoms with Gasteiger partial charge in [0.15, 0.2) is 11.5 Å². The first-order valence-electron chi connectivity index (χ1n) is 7.40. The normalized spacial score (nSPS) is 10.0. The minimum atomic E-state index is -0.0959. The summed E-state index contributed by atoms with van der Waals surface area (Å²) in [5, 5.41) is 2.85. The number of methoxy groups -OCH3 is 2. The Morgan fingerprint density at radius 1 is 1.00 bits per heavy atom. The zero-order chi connectivity index (χ0) is 16.7. The zero-order valence-electron chi connectivity index (χ0n) is 13.6. The Hall–Kier alpha value is -2.69. The van der Waals surface area contributed by atoms with E-state index in [1.807, 2.05) is 31.2 Å². The molecule has 0 fully saturated rings. The Morgan fingerprint density at radius 2 is 1.70 bits per heavy atom. The third-order valence-electron chi connectivity index (χ3n) is 3.27. The molecule has 0 radical (unpaired) electrons. The average molecular weight is 315 g/mol. The van der Waals surface area contributed by atoms with Gasteiger partial charge in [0.25, 0.3) is 0 Å². The van der Waals surface area contributed by atoms with E-state index in [0.29, 0.717) is 30.2 Å². The molecule has 5 heteroatoms. The van der Waals surface area contributed by atoms with Gasteiger partial charge in [-0.25, -0.2) is 0 Å². The van der Waals surface area contributed by atoms with Crippen molar-refractivity contribution in [3.05, 3.63) is 48.0 Å². The number of benzene rings is 2. The monoisotopic (exact) mass is 315 g/mol. The molecule has 2 aromatic rings. The maximum atomic E-state index is 12.1. The number of amides is 1. The first kappa shape index (κ1) is 16.7. The van der Waals surface area contributed by atoms with Crippen molar-refractivity contribution in [1.82, 2.24) is 0 Å². The van der Waals surface area contributed by atoms with Crippen LogP contribution in [0.4, 0.5) is 5.69 Å². The second-order valence-electron chi connectivity index (χ2n) is 4.87. The molecule has 0 heterocycles. The largest absolute Gasteiger partial charge is 0.494 e. The van der Waals surface area contributed by atoms with Gasteiger partial charge in [-0.3, -0.25) is 4.79 Å². The Kier molecular flexibility index (Phi) is 5.86. The molecule has 2 aromatic carbocycles. The van der Waals surface area contributed by atoms with Gasteiger partial charge in [-0.05, 0) is 36.8 Å². The third kappa shape index (κ3) is 4.64. The lowest BCUT2D eigenvalue weighted by Gasteiger charge is -2.11. The molecular weight excluding hydrogens is 294 g/mol. The third-order valence-corrected chi connectivity index (χ3v) is 3.27. The number of hydrogen-bond donors (Lipinski definition) is 1. The fourth-order valence-electron chi connectivity index (χ4n) is 2.17. The van der Waals surface area contributed by atoms with Gasteiger partial charge in [-0.2, -0.15) is 0 Å². The molecule has 0 aromatic heterocycles. The van der Waals surface area contributed by atoms with Crippen LogP contribution in [0.15, 0.2) is 42.5 Å². The standard InChI is InChI=1S/C18H21NO4/c1-4-23-15-8-5-13(6-9-15)11-18(20)19-14-7-10-16(21-2)17(12-14)22-3/h5-10,12H,4,11H2,1-3H3,(H,19,20). The van der Waals surface area contributed by atoms with Crippen molar-refractivity contribution in [1.29, 1.82) is 0 Å². The highest BCUT2D eigenvalue weighted by molar-refractivity contribution is 5.92. The highest BCUT2D eigenvalue weighted by Crippen LogP contribution is 2.29. The van der Waals surface area contributed by atoms with Crippen LogP contribution in [0, 0.1) is 0 Å². The van der Waals surface area contributed by atoms with Crippen molar-refractivity contribution >= 4 is 11.6 Å². The second kappa shape index (κ2) is 8.08. The van der Waals surface area contributed by atoms with Crippen LogP contribution in [0.25, 0.3) is 0 Å². The highest BCUT2D eigenvalue weighted by Gasteiger charge is 2.08. The van der Waals surface area contributed by atoms with Gasteiger partial charge in [-0.15, -0.1) is 0 Å². The van der Waals surface area contributed by atoms with E-state index in [9.17, 15) is 4.79 Å². The predicted octanol–water partition coefficient (Wildman–Crippen LogP) is 3.28. The Balaban J connectivity index is 1.99. The number of rotatable bonds is 7. The molecule has 5 nitrogen and oxygen atoms in total. The molecule has 122 valence electrons. The molecule has 23 heavy (non-hydrogen) atoms. The van der Waals surface area contributed by atoms with E-state index in [4.69, 9.17) is 14.2 Å². The van der Waals surface area contributed by atoms with Crippen molar-refractivity contribution in [2.75, 3.05) is 26.1 Å². The predicted molar refractivity (Wildman–Crippen MR) is 89.5 cm³/mol. The Morgan fingerprint density at radius 3 is 2.30 bits per heavy atom. The number of nitrogens with one attached hydrogen (secondary N) is 1. The van der Waals surface area contributed by atoms with Crippen LogP contribution < -0.4 is 19.5 Å². The van der Waals surface area contributed by atoms with Crippen molar-refractivity contribution in [2.45, 2.75) is 13.3 Å². The molecule has 0 aliphatic carbocycles. The lowest BCUT2D eigenvalue weighted by atomic mass is 10.1. The molecule has 0 saturated heterocycles. The average Bonchev–Trinajstić information content (AvgIpc) is 2.56. The van der Waals surface area contributed by atoms with E-state index < -0.39 is 0 Å². The van der Waals surface area contributed by atoms with E-state index >= 15 is 0 Å². The first-order valence-corrected chi connectivity index (χ1v) is 7.40. The van der Waals surface area contributed by atoms with Crippen molar-refractivity contribution in [3.8, 4) is 17.2 Å². The van der Waals surface area contributed by atoms with Crippen LogP contribution in [-0.4, -0.2) is 26.7 Å². The van der Waals surface area contributed by atoms with Crippen molar-refractivity contribution < 1.29 is 19.0 Å². The summed E-state index contributed by atoms with van der Waals surface area (Å²) in [7, 11) is 3.13. The SMILES string of the molecule is CCOc1ccc(CC(=O)Nc2ccc(OC)c(OC)c2)cc1. The van der Waals surface area contributed by atoms with Gasteiger partial charge in [0, 0.05) is 11.8 Å². The maximum absolute atomic E-state index is 12.1. The van der Waals surface area contributed by atoms with Gasteiger partial charge in [0.05, 0.1) is 27.2 Å². The van der Waals surface area contributed by atoms with E-state index in [1.54, 1.807) is 32.4 Å². The molecule has 2 rings (SSSR count). The summed E-state index contributed by atoms with van der Waals surface area (Å²) >= 11 is 0. The molecule has 0 bridgehead atoms. The summed E-state index contributed by atoms with van der Waals surface area (Å²) < 4.78 is 15.8. The molecular formula is C18H21NO4. The van der Waals surface area contributed by atoms with Gasteiger partial charge >= 0.3 is 0 Å². The van der Waals surface area contributed by atoms with E-state index in [0.717, 1.165) is 11.3 Å². The summed E-state index contributed by atoms with van der Waals surface area (Å²) in [6, 6.07) is 12.8. The van der Waals surface area contributed by atoms with Crippen molar-refractivity contribution in [3.63, 3.8) is 0 Å². The number of anilines is 1. The fraction of sp³-hybridized carbons (Fsp3) is 0.278. The maximum Gasteiger partial charge on any atom is 0.228 e. The smallest absolute Gasteiger partial charge is 0.228 e. The Bertz CT molecular complexity index is 653. The molecule has 1 N–H and O–H groups in total. The van der Waals surface area contributed by atoms with Gasteiger partial charge in [-0.1, -0.05) is 12.1 Å². The van der Waals surface area contributed by atoms with Gasteiger partial charge < -0.3 is 19.5 Å². The molecule has 0 saturated carbocycles. The van der Waals surface area contributed by atoms with Crippen LogP contribution in [0.2, 0.25) is 0 Å². The summed E-state index contributed by atoms with van der Waals surface area (Å²) in [5.74, 6) is 1.90. The van der Waals surface area contributed by atoms with Gasteiger partial charge in [0.2, 0.25) is 5.91 Å². The van der Waals surface area contributed by atoms with Crippen LogP contribution in [0.5, 0.6) is 17.2 Å². The first-order chi connectivity index (χ1) is 11.2.